The molecule has 0 saturated heterocycles. The summed E-state index contributed by atoms with van der Waals surface area (Å²) in [4.78, 5) is 4.10. The van der Waals surface area contributed by atoms with Gasteiger partial charge in [0.05, 0.1) is 12.8 Å². The summed E-state index contributed by atoms with van der Waals surface area (Å²) in [6, 6.07) is 13.3. The van der Waals surface area contributed by atoms with Gasteiger partial charge in [-0.05, 0) is 35.9 Å². The average molecular weight is 408 g/mol. The quantitative estimate of drug-likeness (QED) is 0.446. The van der Waals surface area contributed by atoms with Crippen LogP contribution in [-0.2, 0) is 6.67 Å². The maximum absolute atomic E-state index is 14.5. The first-order chi connectivity index (χ1) is 14.6. The van der Waals surface area contributed by atoms with Gasteiger partial charge in [-0.3, -0.25) is 4.98 Å². The molecular formula is C22H18F2N4O2. The zero-order chi connectivity index (χ0) is 21.1. The Balaban J connectivity index is 1.67. The smallest absolute Gasteiger partial charge is 0.160 e. The van der Waals surface area contributed by atoms with E-state index in [0.29, 0.717) is 16.9 Å². The normalized spacial score (nSPS) is 12.1. The van der Waals surface area contributed by atoms with Crippen molar-refractivity contribution in [3.05, 3.63) is 77.9 Å². The van der Waals surface area contributed by atoms with Crippen molar-refractivity contribution in [2.24, 2.45) is 0 Å². The van der Waals surface area contributed by atoms with E-state index in [-0.39, 0.29) is 11.3 Å². The summed E-state index contributed by atoms with van der Waals surface area (Å²) in [6.45, 7) is -1.04. The number of pyridine rings is 1. The molecular weight excluding hydrogens is 390 g/mol. The van der Waals surface area contributed by atoms with E-state index in [2.05, 4.69) is 20.5 Å². The summed E-state index contributed by atoms with van der Waals surface area (Å²) in [5.41, 5.74) is 2.19. The van der Waals surface area contributed by atoms with Crippen LogP contribution in [0.4, 0.5) is 20.3 Å². The minimum absolute atomic E-state index is 0.124. The first-order valence-corrected chi connectivity index (χ1v) is 9.21. The molecule has 0 aliphatic heterocycles. The Bertz CT molecular complexity index is 1190. The third kappa shape index (κ3) is 3.96. The van der Waals surface area contributed by atoms with Gasteiger partial charge < -0.3 is 15.5 Å². The number of halogens is 2. The average Bonchev–Trinajstić information content (AvgIpc) is 2.79. The molecule has 0 saturated carbocycles. The highest BCUT2D eigenvalue weighted by atomic mass is 19.1. The number of benzene rings is 2. The largest absolute Gasteiger partial charge is 0.393 e. The molecule has 4 aromatic rings. The molecule has 3 N–H and O–H groups in total. The zero-order valence-corrected chi connectivity index (χ0v) is 15.8. The van der Waals surface area contributed by atoms with Gasteiger partial charge in [-0.2, -0.15) is 5.10 Å². The zero-order valence-electron chi connectivity index (χ0n) is 15.8. The van der Waals surface area contributed by atoms with Gasteiger partial charge in [0.2, 0.25) is 0 Å². The van der Waals surface area contributed by atoms with Crippen molar-refractivity contribution in [1.29, 1.82) is 0 Å². The number of aromatic nitrogens is 3. The number of aliphatic hydroxyl groups is 2. The van der Waals surface area contributed by atoms with Crippen molar-refractivity contribution in [3.8, 4) is 11.3 Å². The maximum Gasteiger partial charge on any atom is 0.160 e. The molecule has 6 nitrogen and oxygen atoms in total. The Morgan fingerprint density at radius 3 is 2.53 bits per heavy atom. The van der Waals surface area contributed by atoms with Gasteiger partial charge in [-0.1, -0.05) is 18.2 Å². The van der Waals surface area contributed by atoms with Crippen LogP contribution in [0.25, 0.3) is 22.0 Å². The van der Waals surface area contributed by atoms with Crippen LogP contribution in [0.5, 0.6) is 0 Å². The molecule has 30 heavy (non-hydrogen) atoms. The lowest BCUT2D eigenvalue weighted by atomic mass is 10.0. The Kier molecular flexibility index (Phi) is 5.60. The van der Waals surface area contributed by atoms with Crippen LogP contribution in [0.1, 0.15) is 17.2 Å². The molecule has 0 spiro atoms. The standard InChI is InChI=1S/C22H18F2N4O2/c23-9-13-1-4-17(5-2-13)27-22-18-6-3-14(7-15(18)11-26-28-22)21-19(24)8-16(10-25-21)20(30)12-29/h1-8,10-11,20,29-30H,9,12H2,(H,27,28). The van der Waals surface area contributed by atoms with Crippen LogP contribution >= 0.6 is 0 Å². The fourth-order valence-electron chi connectivity index (χ4n) is 3.09. The van der Waals surface area contributed by atoms with Gasteiger partial charge in [0.1, 0.15) is 24.3 Å². The van der Waals surface area contributed by atoms with Crippen LogP contribution in [0.15, 0.2) is 60.9 Å². The lowest BCUT2D eigenvalue weighted by molar-refractivity contribution is 0.0951. The van der Waals surface area contributed by atoms with Gasteiger partial charge in [0.25, 0.3) is 0 Å². The van der Waals surface area contributed by atoms with Gasteiger partial charge >= 0.3 is 0 Å². The molecule has 0 aliphatic carbocycles. The maximum atomic E-state index is 14.5. The number of nitrogens with one attached hydrogen (secondary N) is 1. The lowest BCUT2D eigenvalue weighted by Gasteiger charge is -2.11. The summed E-state index contributed by atoms with van der Waals surface area (Å²) in [6.07, 6.45) is 1.72. The second kappa shape index (κ2) is 8.48. The molecule has 2 heterocycles. The van der Waals surface area contributed by atoms with Crippen molar-refractivity contribution in [3.63, 3.8) is 0 Å². The highest BCUT2D eigenvalue weighted by Gasteiger charge is 2.14. The number of anilines is 2. The second-order valence-corrected chi connectivity index (χ2v) is 6.75. The minimum Gasteiger partial charge on any atom is -0.393 e. The number of fused-ring (bicyclic) bond motifs is 1. The van der Waals surface area contributed by atoms with Crippen molar-refractivity contribution >= 4 is 22.3 Å². The lowest BCUT2D eigenvalue weighted by Crippen LogP contribution is -2.04. The third-order valence-electron chi connectivity index (χ3n) is 4.73. The van der Waals surface area contributed by atoms with E-state index in [1.807, 2.05) is 0 Å². The SMILES string of the molecule is OCC(O)c1cnc(-c2ccc3c(Nc4ccc(CF)cc4)nncc3c2)c(F)c1. The summed E-state index contributed by atoms with van der Waals surface area (Å²) < 4.78 is 27.2. The van der Waals surface area contributed by atoms with E-state index in [9.17, 15) is 13.9 Å². The van der Waals surface area contributed by atoms with Crippen molar-refractivity contribution in [2.75, 3.05) is 11.9 Å². The topological polar surface area (TPSA) is 91.2 Å². The predicted octanol–water partition coefficient (Wildman–Crippen LogP) is 4.07. The van der Waals surface area contributed by atoms with Gasteiger partial charge in [-0.25, -0.2) is 8.78 Å². The summed E-state index contributed by atoms with van der Waals surface area (Å²) in [7, 11) is 0. The molecule has 0 aliphatic rings. The second-order valence-electron chi connectivity index (χ2n) is 6.75. The minimum atomic E-state index is -1.18. The van der Waals surface area contributed by atoms with E-state index < -0.39 is 25.2 Å². The molecule has 2 aromatic heterocycles. The Hall–Kier alpha value is -3.49. The molecule has 0 radical (unpaired) electrons. The molecule has 8 heteroatoms. The van der Waals surface area contributed by atoms with E-state index in [1.165, 1.54) is 6.20 Å². The van der Waals surface area contributed by atoms with E-state index in [4.69, 9.17) is 5.11 Å². The van der Waals surface area contributed by atoms with Crippen LogP contribution in [0, 0.1) is 5.82 Å². The highest BCUT2D eigenvalue weighted by Crippen LogP contribution is 2.29. The Morgan fingerprint density at radius 1 is 1.03 bits per heavy atom. The van der Waals surface area contributed by atoms with Crippen molar-refractivity contribution < 1.29 is 19.0 Å². The van der Waals surface area contributed by atoms with Crippen molar-refractivity contribution in [2.45, 2.75) is 12.8 Å². The van der Waals surface area contributed by atoms with Gasteiger partial charge in [0, 0.05) is 33.8 Å². The first kappa shape index (κ1) is 19.8. The number of hydrogen-bond donors (Lipinski definition) is 3. The highest BCUT2D eigenvalue weighted by molar-refractivity contribution is 5.95. The molecule has 1 unspecified atom stereocenters. The number of alkyl halides is 1. The molecule has 1 atom stereocenters. The van der Waals surface area contributed by atoms with Gasteiger partial charge in [-0.15, -0.1) is 5.10 Å². The molecule has 2 aromatic carbocycles. The number of hydrogen-bond acceptors (Lipinski definition) is 6. The molecule has 4 rings (SSSR count). The van der Waals surface area contributed by atoms with Crippen LogP contribution in [0.2, 0.25) is 0 Å². The molecule has 0 bridgehead atoms. The monoisotopic (exact) mass is 408 g/mol. The summed E-state index contributed by atoms with van der Waals surface area (Å²) >= 11 is 0. The molecule has 0 fully saturated rings. The number of nitrogens with zero attached hydrogens (tertiary/aromatic N) is 3. The first-order valence-electron chi connectivity index (χ1n) is 9.21. The Morgan fingerprint density at radius 2 is 1.83 bits per heavy atom. The van der Waals surface area contributed by atoms with Crippen LogP contribution in [0.3, 0.4) is 0 Å². The summed E-state index contributed by atoms with van der Waals surface area (Å²) in [5.74, 6) is -0.0884. The predicted molar refractivity (Wildman–Crippen MR) is 109 cm³/mol. The fourth-order valence-corrected chi connectivity index (χ4v) is 3.09. The Labute approximate surface area is 170 Å². The molecule has 152 valence electrons. The van der Waals surface area contributed by atoms with E-state index in [0.717, 1.165) is 22.5 Å². The number of aliphatic hydroxyl groups excluding tert-OH is 2. The van der Waals surface area contributed by atoms with Crippen molar-refractivity contribution in [1.82, 2.24) is 15.2 Å². The van der Waals surface area contributed by atoms with Gasteiger partial charge in [0.15, 0.2) is 5.82 Å². The van der Waals surface area contributed by atoms with E-state index >= 15 is 0 Å². The van der Waals surface area contributed by atoms with E-state index in [1.54, 1.807) is 48.7 Å². The van der Waals surface area contributed by atoms with Crippen LogP contribution < -0.4 is 5.32 Å². The fraction of sp³-hybridized carbons (Fsp3) is 0.136. The number of rotatable bonds is 6. The molecule has 0 amide bonds. The summed E-state index contributed by atoms with van der Waals surface area (Å²) in [5, 5.41) is 31.4. The van der Waals surface area contributed by atoms with Crippen LogP contribution in [-0.4, -0.2) is 32.0 Å². The third-order valence-corrected chi connectivity index (χ3v) is 4.73.